The van der Waals surface area contributed by atoms with E-state index in [2.05, 4.69) is 0 Å². The van der Waals surface area contributed by atoms with Gasteiger partial charge in [-0.25, -0.2) is 4.39 Å². The summed E-state index contributed by atoms with van der Waals surface area (Å²) < 4.78 is 59.2. The molecule has 3 aromatic carbocycles. The van der Waals surface area contributed by atoms with Crippen molar-refractivity contribution in [3.05, 3.63) is 87.7 Å². The van der Waals surface area contributed by atoms with E-state index in [0.717, 1.165) is 18.6 Å². The predicted octanol–water partition coefficient (Wildman–Crippen LogP) is 8.11. The fourth-order valence-corrected chi connectivity index (χ4v) is 3.76. The number of hydrogen-bond acceptors (Lipinski definition) is 3. The molecule has 3 aromatic rings. The summed E-state index contributed by atoms with van der Waals surface area (Å²) in [4.78, 5) is 1.69. The molecular formula is C25H23Cl2F4NO2. The van der Waals surface area contributed by atoms with Crippen LogP contribution in [0.4, 0.5) is 23.2 Å². The van der Waals surface area contributed by atoms with E-state index in [9.17, 15) is 22.7 Å². The van der Waals surface area contributed by atoms with Gasteiger partial charge in [0.15, 0.2) is 0 Å². The second kappa shape index (κ2) is 11.3. The smallest absolute Gasteiger partial charge is 0.416 e. The molecule has 0 aliphatic heterocycles. The van der Waals surface area contributed by atoms with Gasteiger partial charge in [0.25, 0.3) is 0 Å². The fourth-order valence-electron chi connectivity index (χ4n) is 3.43. The largest absolute Gasteiger partial charge is 0.456 e. The average Bonchev–Trinajstić information content (AvgIpc) is 2.77. The van der Waals surface area contributed by atoms with Gasteiger partial charge in [0, 0.05) is 30.4 Å². The van der Waals surface area contributed by atoms with E-state index < -0.39 is 23.7 Å². The predicted molar refractivity (Wildman–Crippen MR) is 126 cm³/mol. The van der Waals surface area contributed by atoms with Gasteiger partial charge in [0.05, 0.1) is 16.7 Å². The molecule has 1 N–H and O–H groups in total. The molecule has 3 rings (SSSR count). The number of anilines is 1. The van der Waals surface area contributed by atoms with Gasteiger partial charge in [-0.05, 0) is 42.8 Å². The van der Waals surface area contributed by atoms with E-state index in [1.165, 1.54) is 0 Å². The Hall–Kier alpha value is -2.48. The number of aliphatic hydroxyl groups is 1. The number of alkyl halides is 3. The molecule has 0 aromatic heterocycles. The lowest BCUT2D eigenvalue weighted by molar-refractivity contribution is -0.137. The van der Waals surface area contributed by atoms with Crippen LogP contribution in [0.2, 0.25) is 10.0 Å². The van der Waals surface area contributed by atoms with Crippen LogP contribution in [-0.2, 0) is 12.7 Å². The van der Waals surface area contributed by atoms with Crippen molar-refractivity contribution in [2.45, 2.75) is 38.6 Å². The van der Waals surface area contributed by atoms with Crippen molar-refractivity contribution >= 4 is 28.9 Å². The van der Waals surface area contributed by atoms with Crippen LogP contribution < -0.4 is 9.64 Å². The van der Waals surface area contributed by atoms with Crippen LogP contribution in [0.15, 0.2) is 60.7 Å². The molecule has 0 bridgehead atoms. The molecule has 9 heteroatoms. The third-order valence-corrected chi connectivity index (χ3v) is 5.92. The van der Waals surface area contributed by atoms with E-state index in [1.807, 2.05) is 6.92 Å². The molecule has 1 unspecified atom stereocenters. The van der Waals surface area contributed by atoms with Crippen LogP contribution in [0.3, 0.4) is 0 Å². The summed E-state index contributed by atoms with van der Waals surface area (Å²) in [7, 11) is 0. The summed E-state index contributed by atoms with van der Waals surface area (Å²) in [6.45, 7) is 2.02. The van der Waals surface area contributed by atoms with Gasteiger partial charge in [-0.3, -0.25) is 0 Å². The minimum absolute atomic E-state index is 0.0495. The molecule has 1 atom stereocenters. The van der Waals surface area contributed by atoms with Crippen LogP contribution in [0.5, 0.6) is 11.5 Å². The number of aliphatic hydroxyl groups excluding tert-OH is 1. The molecular weight excluding hydrogens is 493 g/mol. The molecule has 0 saturated carbocycles. The molecule has 182 valence electrons. The van der Waals surface area contributed by atoms with Crippen LogP contribution >= 0.6 is 23.2 Å². The van der Waals surface area contributed by atoms with Crippen LogP contribution in [0, 0.1) is 5.82 Å². The molecule has 0 radical (unpaired) electrons. The zero-order valence-corrected chi connectivity index (χ0v) is 19.8. The molecule has 0 aliphatic rings. The van der Waals surface area contributed by atoms with E-state index in [4.69, 9.17) is 27.9 Å². The second-order valence-electron chi connectivity index (χ2n) is 7.78. The maximum Gasteiger partial charge on any atom is 0.416 e. The number of hydrogen-bond donors (Lipinski definition) is 1. The number of benzene rings is 3. The Bertz CT molecular complexity index is 1120. The number of ether oxygens (including phenoxy) is 1. The highest BCUT2D eigenvalue weighted by Gasteiger charge is 2.31. The molecule has 0 heterocycles. The first kappa shape index (κ1) is 26.1. The topological polar surface area (TPSA) is 32.7 Å². The Morgan fingerprint density at radius 1 is 1.03 bits per heavy atom. The van der Waals surface area contributed by atoms with Gasteiger partial charge in [-0.15, -0.1) is 0 Å². The highest BCUT2D eigenvalue weighted by Crippen LogP contribution is 2.36. The van der Waals surface area contributed by atoms with E-state index >= 15 is 0 Å². The minimum atomic E-state index is -4.64. The summed E-state index contributed by atoms with van der Waals surface area (Å²) in [6.07, 6.45) is -4.10. The zero-order chi connectivity index (χ0) is 24.9. The third-order valence-electron chi connectivity index (χ3n) is 5.12. The number of halogens is 6. The van der Waals surface area contributed by atoms with Crippen molar-refractivity contribution in [2.75, 3.05) is 11.4 Å². The molecule has 0 fully saturated rings. The Morgan fingerprint density at radius 3 is 2.44 bits per heavy atom. The Morgan fingerprint density at radius 2 is 1.76 bits per heavy atom. The lowest BCUT2D eigenvalue weighted by Crippen LogP contribution is -2.32. The Kier molecular flexibility index (Phi) is 8.68. The van der Waals surface area contributed by atoms with Gasteiger partial charge >= 0.3 is 6.18 Å². The maximum atomic E-state index is 14.6. The number of rotatable bonds is 9. The van der Waals surface area contributed by atoms with Gasteiger partial charge < -0.3 is 14.7 Å². The molecule has 0 amide bonds. The Balaban J connectivity index is 1.90. The molecule has 3 nitrogen and oxygen atoms in total. The highest BCUT2D eigenvalue weighted by molar-refractivity contribution is 6.42. The van der Waals surface area contributed by atoms with Gasteiger partial charge in [0.1, 0.15) is 22.3 Å². The van der Waals surface area contributed by atoms with Crippen molar-refractivity contribution < 1.29 is 27.4 Å². The summed E-state index contributed by atoms with van der Waals surface area (Å²) in [5, 5.41) is 11.0. The Labute approximate surface area is 205 Å². The summed E-state index contributed by atoms with van der Waals surface area (Å²) in [5.74, 6) is -0.204. The van der Waals surface area contributed by atoms with E-state index in [1.54, 1.807) is 47.4 Å². The zero-order valence-electron chi connectivity index (χ0n) is 18.2. The summed E-state index contributed by atoms with van der Waals surface area (Å²) in [5.41, 5.74) is -0.397. The van der Waals surface area contributed by atoms with Gasteiger partial charge in [-0.1, -0.05) is 54.7 Å². The molecule has 0 aliphatic carbocycles. The van der Waals surface area contributed by atoms with Crippen LogP contribution in [0.1, 0.15) is 30.9 Å². The lowest BCUT2D eigenvalue weighted by atomic mass is 10.1. The first-order valence-corrected chi connectivity index (χ1v) is 11.3. The van der Waals surface area contributed by atoms with E-state index in [-0.39, 0.29) is 23.7 Å². The standard InChI is InChI=1S/C25H23Cl2F4NO2/c1-2-5-19(33)15-32(14-16-10-11-17(12-22(16)28)25(29,30)31)18-6-3-7-20(13-18)34-23-9-4-8-21(26)24(23)27/h3-4,6-13,19,33H,2,5,14-15H2,1H3. The van der Waals surface area contributed by atoms with Crippen molar-refractivity contribution in [2.24, 2.45) is 0 Å². The normalized spacial score (nSPS) is 12.5. The van der Waals surface area contributed by atoms with Crippen LogP contribution in [0.25, 0.3) is 0 Å². The molecule has 0 saturated heterocycles. The molecule has 34 heavy (non-hydrogen) atoms. The van der Waals surface area contributed by atoms with Gasteiger partial charge in [0.2, 0.25) is 0 Å². The SMILES string of the molecule is CCCC(O)CN(Cc1ccc(C(F)(F)F)cc1F)c1cccc(Oc2cccc(Cl)c2Cl)c1. The maximum absolute atomic E-state index is 14.6. The second-order valence-corrected chi connectivity index (χ2v) is 8.56. The van der Waals surface area contributed by atoms with E-state index in [0.29, 0.717) is 34.7 Å². The fraction of sp³-hybridized carbons (Fsp3) is 0.280. The van der Waals surface area contributed by atoms with Crippen LogP contribution in [-0.4, -0.2) is 17.8 Å². The van der Waals surface area contributed by atoms with Crippen molar-refractivity contribution in [3.63, 3.8) is 0 Å². The first-order valence-electron chi connectivity index (χ1n) is 10.6. The minimum Gasteiger partial charge on any atom is -0.456 e. The molecule has 0 spiro atoms. The van der Waals surface area contributed by atoms with Crippen molar-refractivity contribution in [1.29, 1.82) is 0 Å². The van der Waals surface area contributed by atoms with Crippen molar-refractivity contribution in [3.8, 4) is 11.5 Å². The summed E-state index contributed by atoms with van der Waals surface area (Å²) in [6, 6.07) is 14.2. The summed E-state index contributed by atoms with van der Waals surface area (Å²) >= 11 is 12.2. The highest BCUT2D eigenvalue weighted by atomic mass is 35.5. The van der Waals surface area contributed by atoms with Gasteiger partial charge in [-0.2, -0.15) is 13.2 Å². The van der Waals surface area contributed by atoms with Crippen molar-refractivity contribution in [1.82, 2.24) is 0 Å². The number of nitrogens with zero attached hydrogens (tertiary/aromatic N) is 1. The monoisotopic (exact) mass is 515 g/mol. The lowest BCUT2D eigenvalue weighted by Gasteiger charge is -2.28. The first-order chi connectivity index (χ1) is 16.1. The quantitative estimate of drug-likeness (QED) is 0.292. The average molecular weight is 516 g/mol. The third kappa shape index (κ3) is 6.78.